The molecule has 0 radical (unpaired) electrons. The summed E-state index contributed by atoms with van der Waals surface area (Å²) < 4.78 is 14.3. The van der Waals surface area contributed by atoms with Gasteiger partial charge in [-0.1, -0.05) is 60.7 Å². The van der Waals surface area contributed by atoms with E-state index in [2.05, 4.69) is 29.6 Å². The Hall–Kier alpha value is -2.98. The number of halogens is 1. The SMILES string of the molecule is O=C1C[C@@H](c2cccc3ccccc23)c2scc(-c3ccccc3F)c2N1. The molecule has 3 aromatic carbocycles. The topological polar surface area (TPSA) is 29.1 Å². The Morgan fingerprint density at radius 1 is 0.926 bits per heavy atom. The molecule has 1 N–H and O–H groups in total. The van der Waals surface area contributed by atoms with E-state index in [0.717, 1.165) is 32.5 Å². The highest BCUT2D eigenvalue weighted by Gasteiger charge is 2.31. The van der Waals surface area contributed by atoms with Crippen LogP contribution in [0.5, 0.6) is 0 Å². The molecule has 4 aromatic rings. The fraction of sp³-hybridized carbons (Fsp3) is 0.0870. The zero-order valence-electron chi connectivity index (χ0n) is 14.4. The van der Waals surface area contributed by atoms with Gasteiger partial charge in [0.25, 0.3) is 0 Å². The molecular formula is C23H16FNOS. The van der Waals surface area contributed by atoms with Crippen LogP contribution in [0.4, 0.5) is 10.1 Å². The summed E-state index contributed by atoms with van der Waals surface area (Å²) in [7, 11) is 0. The third-order valence-corrected chi connectivity index (χ3v) is 6.25. The number of fused-ring (bicyclic) bond motifs is 2. The Morgan fingerprint density at radius 2 is 1.70 bits per heavy atom. The maximum Gasteiger partial charge on any atom is 0.225 e. The minimum atomic E-state index is -0.278. The lowest BCUT2D eigenvalue weighted by molar-refractivity contribution is -0.116. The van der Waals surface area contributed by atoms with Gasteiger partial charge in [-0.25, -0.2) is 4.39 Å². The number of benzene rings is 3. The first kappa shape index (κ1) is 16.2. The molecule has 0 bridgehead atoms. The fourth-order valence-corrected chi connectivity index (χ4v) is 5.05. The third kappa shape index (κ3) is 2.64. The summed E-state index contributed by atoms with van der Waals surface area (Å²) in [5.74, 6) is -0.332. The van der Waals surface area contributed by atoms with Crippen LogP contribution in [-0.4, -0.2) is 5.91 Å². The summed E-state index contributed by atoms with van der Waals surface area (Å²) in [5, 5.41) is 7.26. The molecule has 1 aliphatic heterocycles. The van der Waals surface area contributed by atoms with Gasteiger partial charge in [0.1, 0.15) is 5.82 Å². The summed E-state index contributed by atoms with van der Waals surface area (Å²) in [6.07, 6.45) is 0.401. The van der Waals surface area contributed by atoms with E-state index in [-0.39, 0.29) is 17.6 Å². The first-order valence-corrected chi connectivity index (χ1v) is 9.74. The predicted molar refractivity (Wildman–Crippen MR) is 109 cm³/mol. The van der Waals surface area contributed by atoms with Gasteiger partial charge in [-0.3, -0.25) is 4.79 Å². The number of thiophene rings is 1. The number of amides is 1. The lowest BCUT2D eigenvalue weighted by Crippen LogP contribution is -2.22. The minimum Gasteiger partial charge on any atom is -0.325 e. The Bertz CT molecular complexity index is 1170. The van der Waals surface area contributed by atoms with Gasteiger partial charge in [0.05, 0.1) is 5.69 Å². The van der Waals surface area contributed by atoms with E-state index < -0.39 is 0 Å². The Kier molecular flexibility index (Phi) is 3.80. The Morgan fingerprint density at radius 3 is 2.59 bits per heavy atom. The molecule has 1 atom stereocenters. The number of rotatable bonds is 2. The average Bonchev–Trinajstić information content (AvgIpc) is 3.11. The second-order valence-corrected chi connectivity index (χ2v) is 7.65. The maximum atomic E-state index is 14.3. The lowest BCUT2D eigenvalue weighted by Gasteiger charge is -2.25. The van der Waals surface area contributed by atoms with Gasteiger partial charge >= 0.3 is 0 Å². The highest BCUT2D eigenvalue weighted by molar-refractivity contribution is 7.11. The van der Waals surface area contributed by atoms with Crippen molar-refractivity contribution in [2.75, 3.05) is 5.32 Å². The molecule has 1 aromatic heterocycles. The van der Waals surface area contributed by atoms with Gasteiger partial charge < -0.3 is 5.32 Å². The van der Waals surface area contributed by atoms with E-state index in [1.165, 1.54) is 6.07 Å². The number of nitrogens with one attached hydrogen (secondary N) is 1. The van der Waals surface area contributed by atoms with Crippen molar-refractivity contribution in [1.29, 1.82) is 0 Å². The number of hydrogen-bond acceptors (Lipinski definition) is 2. The monoisotopic (exact) mass is 373 g/mol. The molecule has 4 heteroatoms. The quantitative estimate of drug-likeness (QED) is 0.446. The van der Waals surface area contributed by atoms with E-state index >= 15 is 0 Å². The second kappa shape index (κ2) is 6.32. The van der Waals surface area contributed by atoms with Crippen LogP contribution in [0.3, 0.4) is 0 Å². The molecule has 5 rings (SSSR count). The van der Waals surface area contributed by atoms with Gasteiger partial charge in [0, 0.05) is 33.7 Å². The van der Waals surface area contributed by atoms with Crippen molar-refractivity contribution < 1.29 is 9.18 Å². The minimum absolute atomic E-state index is 0.0228. The van der Waals surface area contributed by atoms with Gasteiger partial charge in [0.15, 0.2) is 0 Å². The van der Waals surface area contributed by atoms with Crippen LogP contribution in [-0.2, 0) is 4.79 Å². The molecule has 0 saturated carbocycles. The molecule has 2 nitrogen and oxygen atoms in total. The largest absolute Gasteiger partial charge is 0.325 e. The van der Waals surface area contributed by atoms with Crippen molar-refractivity contribution in [2.24, 2.45) is 0 Å². The van der Waals surface area contributed by atoms with Crippen molar-refractivity contribution in [3.05, 3.63) is 88.4 Å². The highest BCUT2D eigenvalue weighted by Crippen LogP contribution is 2.48. The molecule has 2 heterocycles. The number of anilines is 1. The third-order valence-electron chi connectivity index (χ3n) is 5.15. The smallest absolute Gasteiger partial charge is 0.225 e. The summed E-state index contributed by atoms with van der Waals surface area (Å²) >= 11 is 1.59. The summed E-state index contributed by atoms with van der Waals surface area (Å²) in [5.41, 5.74) is 3.17. The number of carbonyl (C=O) groups is 1. The summed E-state index contributed by atoms with van der Waals surface area (Å²) in [6.45, 7) is 0. The molecule has 132 valence electrons. The van der Waals surface area contributed by atoms with Crippen LogP contribution < -0.4 is 5.32 Å². The van der Waals surface area contributed by atoms with Gasteiger partial charge in [-0.2, -0.15) is 0 Å². The van der Waals surface area contributed by atoms with E-state index in [1.54, 1.807) is 23.5 Å². The zero-order chi connectivity index (χ0) is 18.4. The molecule has 1 aliphatic rings. The van der Waals surface area contributed by atoms with Crippen molar-refractivity contribution in [3.8, 4) is 11.1 Å². The molecule has 0 spiro atoms. The number of carbonyl (C=O) groups excluding carboxylic acids is 1. The van der Waals surface area contributed by atoms with Crippen LogP contribution in [0.25, 0.3) is 21.9 Å². The number of hydrogen-bond donors (Lipinski definition) is 1. The van der Waals surface area contributed by atoms with E-state index in [0.29, 0.717) is 12.0 Å². The van der Waals surface area contributed by atoms with Crippen molar-refractivity contribution in [1.82, 2.24) is 0 Å². The fourth-order valence-electron chi connectivity index (χ4n) is 3.91. The lowest BCUT2D eigenvalue weighted by atomic mass is 9.86. The molecule has 1 amide bonds. The van der Waals surface area contributed by atoms with Gasteiger partial charge in [0.2, 0.25) is 5.91 Å². The first-order valence-electron chi connectivity index (χ1n) is 8.86. The zero-order valence-corrected chi connectivity index (χ0v) is 15.2. The summed E-state index contributed by atoms with van der Waals surface area (Å²) in [6, 6.07) is 21.1. The molecule has 0 aliphatic carbocycles. The summed E-state index contributed by atoms with van der Waals surface area (Å²) in [4.78, 5) is 13.6. The van der Waals surface area contributed by atoms with E-state index in [9.17, 15) is 9.18 Å². The van der Waals surface area contributed by atoms with Gasteiger partial charge in [-0.15, -0.1) is 11.3 Å². The molecular weight excluding hydrogens is 357 g/mol. The Balaban J connectivity index is 1.70. The highest BCUT2D eigenvalue weighted by atomic mass is 32.1. The average molecular weight is 373 g/mol. The molecule has 0 fully saturated rings. The normalized spacial score (nSPS) is 16.2. The van der Waals surface area contributed by atoms with Crippen LogP contribution in [0.1, 0.15) is 22.8 Å². The Labute approximate surface area is 160 Å². The van der Waals surface area contributed by atoms with Crippen LogP contribution in [0.2, 0.25) is 0 Å². The van der Waals surface area contributed by atoms with Crippen LogP contribution >= 0.6 is 11.3 Å². The predicted octanol–water partition coefficient (Wildman–Crippen LogP) is 6.18. The van der Waals surface area contributed by atoms with Crippen molar-refractivity contribution in [3.63, 3.8) is 0 Å². The van der Waals surface area contributed by atoms with Crippen LogP contribution in [0, 0.1) is 5.82 Å². The standard InChI is InChI=1S/C23H16FNOS/c24-20-11-4-3-9-17(20)19-13-27-23-18(12-21(26)25-22(19)23)16-10-5-7-14-6-1-2-8-15(14)16/h1-11,13,18H,12H2,(H,25,26)/t18-/m0/s1. The van der Waals surface area contributed by atoms with Crippen molar-refractivity contribution in [2.45, 2.75) is 12.3 Å². The van der Waals surface area contributed by atoms with Gasteiger partial charge in [-0.05, 0) is 22.4 Å². The molecule has 0 saturated heterocycles. The first-order chi connectivity index (χ1) is 13.2. The van der Waals surface area contributed by atoms with Crippen molar-refractivity contribution >= 4 is 33.7 Å². The second-order valence-electron chi connectivity index (χ2n) is 6.74. The van der Waals surface area contributed by atoms with Crippen LogP contribution in [0.15, 0.2) is 72.1 Å². The van der Waals surface area contributed by atoms with E-state index in [1.807, 2.05) is 29.6 Å². The maximum absolute atomic E-state index is 14.3. The molecule has 0 unspecified atom stereocenters. The van der Waals surface area contributed by atoms with E-state index in [4.69, 9.17) is 0 Å². The molecule has 27 heavy (non-hydrogen) atoms.